The minimum absolute atomic E-state index is 0.327. The van der Waals surface area contributed by atoms with E-state index in [2.05, 4.69) is 70.9 Å². The molecule has 1 unspecified atom stereocenters. The van der Waals surface area contributed by atoms with Gasteiger partial charge in [0.2, 0.25) is 0 Å². The van der Waals surface area contributed by atoms with E-state index in [4.69, 9.17) is 0 Å². The summed E-state index contributed by atoms with van der Waals surface area (Å²) in [6, 6.07) is 5.65. The van der Waals surface area contributed by atoms with Gasteiger partial charge in [0.25, 0.3) is 0 Å². The first kappa shape index (κ1) is 16.7. The first-order valence-electron chi connectivity index (χ1n) is 7.21. The van der Waals surface area contributed by atoms with Gasteiger partial charge in [0.1, 0.15) is 0 Å². The highest BCUT2D eigenvalue weighted by Gasteiger charge is 2.23. The van der Waals surface area contributed by atoms with Gasteiger partial charge in [0.05, 0.1) is 0 Å². The summed E-state index contributed by atoms with van der Waals surface area (Å²) in [4.78, 5) is 5.34. The highest BCUT2D eigenvalue weighted by molar-refractivity contribution is 7.11. The molecule has 0 amide bonds. The Balaban J connectivity index is 2.53. The quantitative estimate of drug-likeness (QED) is 0.844. The average Bonchev–Trinajstić information content (AvgIpc) is 2.71. The molecule has 1 aromatic rings. The van der Waals surface area contributed by atoms with Crippen LogP contribution in [0.5, 0.6) is 0 Å². The summed E-state index contributed by atoms with van der Waals surface area (Å²) in [7, 11) is 2.22. The lowest BCUT2D eigenvalue weighted by molar-refractivity contribution is 0.136. The third-order valence-corrected chi connectivity index (χ3v) is 4.79. The van der Waals surface area contributed by atoms with Crippen LogP contribution in [0, 0.1) is 5.41 Å². The molecule has 1 rings (SSSR count). The van der Waals surface area contributed by atoms with Crippen molar-refractivity contribution >= 4 is 11.3 Å². The van der Waals surface area contributed by atoms with E-state index in [1.54, 1.807) is 0 Å². The van der Waals surface area contributed by atoms with Crippen LogP contribution in [0.15, 0.2) is 12.1 Å². The zero-order valence-electron chi connectivity index (χ0n) is 13.6. The lowest BCUT2D eigenvalue weighted by atomic mass is 9.87. The fourth-order valence-corrected chi connectivity index (χ4v) is 2.98. The molecule has 1 heterocycles. The van der Waals surface area contributed by atoms with Crippen LogP contribution in [-0.4, -0.2) is 24.0 Å². The normalized spacial score (nSPS) is 14.4. The number of rotatable bonds is 6. The van der Waals surface area contributed by atoms with Crippen molar-refractivity contribution in [3.05, 3.63) is 21.9 Å². The van der Waals surface area contributed by atoms with Crippen molar-refractivity contribution in [2.45, 2.75) is 66.7 Å². The average molecular weight is 282 g/mol. The summed E-state index contributed by atoms with van der Waals surface area (Å²) in [5.74, 6) is 0. The molecule has 0 aromatic carbocycles. The Hall–Kier alpha value is -0.380. The van der Waals surface area contributed by atoms with Crippen molar-refractivity contribution in [2.24, 2.45) is 5.41 Å². The third kappa shape index (κ3) is 5.64. The van der Waals surface area contributed by atoms with Gasteiger partial charge in [-0.05, 0) is 31.5 Å². The maximum absolute atomic E-state index is 3.47. The van der Waals surface area contributed by atoms with Gasteiger partial charge in [0, 0.05) is 34.9 Å². The molecule has 1 N–H and O–H groups in total. The van der Waals surface area contributed by atoms with E-state index < -0.39 is 0 Å². The molecule has 0 spiro atoms. The van der Waals surface area contributed by atoms with E-state index in [-0.39, 0.29) is 0 Å². The fourth-order valence-electron chi connectivity index (χ4n) is 1.95. The molecule has 1 atom stereocenters. The molecule has 0 fully saturated rings. The summed E-state index contributed by atoms with van der Waals surface area (Å²) >= 11 is 1.93. The highest BCUT2D eigenvalue weighted by atomic mass is 32.1. The van der Waals surface area contributed by atoms with Crippen LogP contribution in [0.2, 0.25) is 0 Å². The molecule has 19 heavy (non-hydrogen) atoms. The third-order valence-electron chi connectivity index (χ3n) is 3.72. The molecule has 0 radical (unpaired) electrons. The molecule has 1 aromatic heterocycles. The second-order valence-corrected chi connectivity index (χ2v) is 8.11. The number of hydrogen-bond acceptors (Lipinski definition) is 3. The van der Waals surface area contributed by atoms with E-state index in [1.807, 2.05) is 11.3 Å². The number of thiophene rings is 1. The van der Waals surface area contributed by atoms with Gasteiger partial charge in [-0.1, -0.05) is 34.6 Å². The Kier molecular flexibility index (Phi) is 6.03. The molecule has 0 aliphatic heterocycles. The van der Waals surface area contributed by atoms with Crippen LogP contribution in [0.1, 0.15) is 51.3 Å². The van der Waals surface area contributed by atoms with Crippen molar-refractivity contribution in [2.75, 3.05) is 7.05 Å². The SMILES string of the molecule is CC(C)NCc1ccc(CN(C)C(C)C(C)(C)C)s1. The number of hydrogen-bond donors (Lipinski definition) is 1. The largest absolute Gasteiger partial charge is 0.310 e. The van der Waals surface area contributed by atoms with Gasteiger partial charge >= 0.3 is 0 Å². The Morgan fingerprint density at radius 3 is 2.26 bits per heavy atom. The zero-order valence-corrected chi connectivity index (χ0v) is 14.4. The predicted molar refractivity (Wildman–Crippen MR) is 86.7 cm³/mol. The minimum atomic E-state index is 0.327. The Morgan fingerprint density at radius 2 is 1.74 bits per heavy atom. The molecule has 3 heteroatoms. The Bertz CT molecular complexity index is 376. The van der Waals surface area contributed by atoms with Crippen LogP contribution in [0.4, 0.5) is 0 Å². The Morgan fingerprint density at radius 1 is 1.16 bits per heavy atom. The molecule has 0 saturated heterocycles. The molecule has 0 aliphatic carbocycles. The van der Waals surface area contributed by atoms with E-state index in [1.165, 1.54) is 9.75 Å². The minimum Gasteiger partial charge on any atom is -0.310 e. The standard InChI is InChI=1S/C16H30N2S/c1-12(2)17-10-14-8-9-15(19-14)11-18(7)13(3)16(4,5)6/h8-9,12-13,17H,10-11H2,1-7H3. The van der Waals surface area contributed by atoms with Crippen LogP contribution >= 0.6 is 11.3 Å². The van der Waals surface area contributed by atoms with Crippen molar-refractivity contribution in [1.82, 2.24) is 10.2 Å². The van der Waals surface area contributed by atoms with E-state index >= 15 is 0 Å². The first-order chi connectivity index (χ1) is 8.70. The van der Waals surface area contributed by atoms with Gasteiger partial charge < -0.3 is 5.32 Å². The molecular formula is C16H30N2S. The van der Waals surface area contributed by atoms with Crippen molar-refractivity contribution in [3.63, 3.8) is 0 Å². The summed E-state index contributed by atoms with van der Waals surface area (Å²) in [5.41, 5.74) is 0.327. The molecule has 110 valence electrons. The maximum Gasteiger partial charge on any atom is 0.0328 e. The highest BCUT2D eigenvalue weighted by Crippen LogP contribution is 2.26. The maximum atomic E-state index is 3.47. The monoisotopic (exact) mass is 282 g/mol. The molecular weight excluding hydrogens is 252 g/mol. The van der Waals surface area contributed by atoms with Crippen molar-refractivity contribution in [1.29, 1.82) is 0 Å². The van der Waals surface area contributed by atoms with Crippen LogP contribution in [-0.2, 0) is 13.1 Å². The van der Waals surface area contributed by atoms with Crippen molar-refractivity contribution < 1.29 is 0 Å². The number of nitrogens with one attached hydrogen (secondary N) is 1. The second-order valence-electron chi connectivity index (χ2n) is 6.86. The van der Waals surface area contributed by atoms with E-state index in [0.29, 0.717) is 17.5 Å². The van der Waals surface area contributed by atoms with Gasteiger partial charge in [-0.15, -0.1) is 11.3 Å². The zero-order chi connectivity index (χ0) is 14.6. The summed E-state index contributed by atoms with van der Waals surface area (Å²) in [5, 5.41) is 3.47. The van der Waals surface area contributed by atoms with Gasteiger partial charge in [0.15, 0.2) is 0 Å². The van der Waals surface area contributed by atoms with E-state index in [9.17, 15) is 0 Å². The lowest BCUT2D eigenvalue weighted by Crippen LogP contribution is -2.38. The molecule has 0 saturated carbocycles. The predicted octanol–water partition coefficient (Wildman–Crippen LogP) is 4.11. The van der Waals surface area contributed by atoms with E-state index in [0.717, 1.165) is 13.1 Å². The molecule has 2 nitrogen and oxygen atoms in total. The van der Waals surface area contributed by atoms with Gasteiger partial charge in [-0.25, -0.2) is 0 Å². The summed E-state index contributed by atoms with van der Waals surface area (Å²) in [6.45, 7) is 15.6. The smallest absolute Gasteiger partial charge is 0.0328 e. The van der Waals surface area contributed by atoms with Crippen LogP contribution in [0.3, 0.4) is 0 Å². The summed E-state index contributed by atoms with van der Waals surface area (Å²) < 4.78 is 0. The Labute approximate surface area is 123 Å². The molecule has 0 bridgehead atoms. The summed E-state index contributed by atoms with van der Waals surface area (Å²) in [6.07, 6.45) is 0. The van der Waals surface area contributed by atoms with Gasteiger partial charge in [-0.2, -0.15) is 0 Å². The topological polar surface area (TPSA) is 15.3 Å². The van der Waals surface area contributed by atoms with Crippen LogP contribution in [0.25, 0.3) is 0 Å². The van der Waals surface area contributed by atoms with Crippen molar-refractivity contribution in [3.8, 4) is 0 Å². The first-order valence-corrected chi connectivity index (χ1v) is 8.03. The second kappa shape index (κ2) is 6.87. The molecule has 0 aliphatic rings. The van der Waals surface area contributed by atoms with Crippen LogP contribution < -0.4 is 5.32 Å². The fraction of sp³-hybridized carbons (Fsp3) is 0.750. The number of nitrogens with zero attached hydrogens (tertiary/aromatic N) is 1. The van der Waals surface area contributed by atoms with Gasteiger partial charge in [-0.3, -0.25) is 4.90 Å². The lowest BCUT2D eigenvalue weighted by Gasteiger charge is -2.35.